The number of halogens is 1. The van der Waals surface area contributed by atoms with E-state index in [0.29, 0.717) is 6.61 Å². The van der Waals surface area contributed by atoms with Gasteiger partial charge in [0.15, 0.2) is 0 Å². The van der Waals surface area contributed by atoms with Crippen molar-refractivity contribution in [2.75, 3.05) is 19.6 Å². The second-order valence-electron chi connectivity index (χ2n) is 5.02. The van der Waals surface area contributed by atoms with Crippen LogP contribution in [0.4, 0.5) is 0 Å². The number of nitrogens with one attached hydrogen (secondary N) is 1. The molecule has 1 fully saturated rings. The van der Waals surface area contributed by atoms with Crippen LogP contribution in [0.3, 0.4) is 0 Å². The van der Waals surface area contributed by atoms with Gasteiger partial charge in [-0.2, -0.15) is 0 Å². The molecule has 2 atom stereocenters. The van der Waals surface area contributed by atoms with E-state index in [-0.39, 0.29) is 30.5 Å². The van der Waals surface area contributed by atoms with Crippen molar-refractivity contribution < 1.29 is 9.53 Å². The standard InChI is InChI=1S/C15H22N2O2.ClH/c1-12-10-16-8-9-17(12)15(18)13(2)19-11-14-6-4-3-5-7-14;/h3-7,12-13,16H,8-11H2,1-2H3;1H/t12-,13?;/m0./s1. The molecule has 0 radical (unpaired) electrons. The Morgan fingerprint density at radius 2 is 2.15 bits per heavy atom. The van der Waals surface area contributed by atoms with E-state index >= 15 is 0 Å². The molecule has 1 heterocycles. The Morgan fingerprint density at radius 1 is 1.45 bits per heavy atom. The maximum absolute atomic E-state index is 12.3. The smallest absolute Gasteiger partial charge is 0.251 e. The lowest BCUT2D eigenvalue weighted by molar-refractivity contribution is -0.146. The highest BCUT2D eigenvalue weighted by Gasteiger charge is 2.27. The molecule has 0 bridgehead atoms. The highest BCUT2D eigenvalue weighted by Crippen LogP contribution is 2.09. The Hall–Kier alpha value is -1.10. The maximum Gasteiger partial charge on any atom is 0.251 e. The zero-order valence-electron chi connectivity index (χ0n) is 12.0. The van der Waals surface area contributed by atoms with Crippen LogP contribution in [-0.4, -0.2) is 42.6 Å². The number of rotatable bonds is 4. The fourth-order valence-corrected chi connectivity index (χ4v) is 2.27. The summed E-state index contributed by atoms with van der Waals surface area (Å²) in [5.74, 6) is 0.0879. The van der Waals surface area contributed by atoms with Crippen LogP contribution in [0.2, 0.25) is 0 Å². The van der Waals surface area contributed by atoms with Gasteiger partial charge < -0.3 is 15.0 Å². The van der Waals surface area contributed by atoms with E-state index in [1.165, 1.54) is 0 Å². The van der Waals surface area contributed by atoms with Crippen molar-refractivity contribution in [3.05, 3.63) is 35.9 Å². The molecule has 4 nitrogen and oxygen atoms in total. The number of amides is 1. The van der Waals surface area contributed by atoms with E-state index in [0.717, 1.165) is 25.2 Å². The van der Waals surface area contributed by atoms with Gasteiger partial charge in [-0.25, -0.2) is 0 Å². The van der Waals surface area contributed by atoms with Crippen LogP contribution >= 0.6 is 12.4 Å². The average Bonchev–Trinajstić information content (AvgIpc) is 2.45. The topological polar surface area (TPSA) is 41.6 Å². The van der Waals surface area contributed by atoms with Gasteiger partial charge in [-0.15, -0.1) is 12.4 Å². The minimum Gasteiger partial charge on any atom is -0.364 e. The number of piperazine rings is 1. The maximum atomic E-state index is 12.3. The largest absolute Gasteiger partial charge is 0.364 e. The van der Waals surface area contributed by atoms with Crippen LogP contribution in [-0.2, 0) is 16.1 Å². The van der Waals surface area contributed by atoms with Gasteiger partial charge in [0.25, 0.3) is 5.91 Å². The van der Waals surface area contributed by atoms with Gasteiger partial charge in [0.1, 0.15) is 6.10 Å². The summed E-state index contributed by atoms with van der Waals surface area (Å²) in [5.41, 5.74) is 1.09. The van der Waals surface area contributed by atoms with E-state index in [9.17, 15) is 4.79 Å². The normalized spacial score (nSPS) is 20.1. The predicted molar refractivity (Wildman–Crippen MR) is 82.0 cm³/mol. The molecule has 1 amide bonds. The quantitative estimate of drug-likeness (QED) is 0.922. The van der Waals surface area contributed by atoms with Gasteiger partial charge in [0.2, 0.25) is 0 Å². The Bertz CT molecular complexity index is 414. The first-order chi connectivity index (χ1) is 9.18. The van der Waals surface area contributed by atoms with Crippen molar-refractivity contribution in [1.82, 2.24) is 10.2 Å². The number of ether oxygens (including phenoxy) is 1. The van der Waals surface area contributed by atoms with Gasteiger partial charge in [-0.3, -0.25) is 4.79 Å². The molecule has 112 valence electrons. The van der Waals surface area contributed by atoms with Crippen LogP contribution in [0.25, 0.3) is 0 Å². The Morgan fingerprint density at radius 3 is 2.80 bits per heavy atom. The summed E-state index contributed by atoms with van der Waals surface area (Å²) in [6.45, 7) is 6.86. The van der Waals surface area contributed by atoms with Gasteiger partial charge in [-0.05, 0) is 19.4 Å². The summed E-state index contributed by atoms with van der Waals surface area (Å²) in [5, 5.41) is 3.28. The van der Waals surface area contributed by atoms with E-state index < -0.39 is 0 Å². The van der Waals surface area contributed by atoms with E-state index in [1.807, 2.05) is 42.2 Å². The van der Waals surface area contributed by atoms with Gasteiger partial charge in [0, 0.05) is 25.7 Å². The molecule has 0 aromatic heterocycles. The number of hydrogen-bond acceptors (Lipinski definition) is 3. The van der Waals surface area contributed by atoms with E-state index in [2.05, 4.69) is 12.2 Å². The minimum atomic E-state index is -0.388. The zero-order valence-corrected chi connectivity index (χ0v) is 12.9. The van der Waals surface area contributed by atoms with Crippen molar-refractivity contribution in [2.24, 2.45) is 0 Å². The molecule has 5 heteroatoms. The molecule has 0 aliphatic carbocycles. The van der Waals surface area contributed by atoms with Crippen LogP contribution < -0.4 is 5.32 Å². The molecule has 1 unspecified atom stereocenters. The molecule has 1 saturated heterocycles. The van der Waals surface area contributed by atoms with Gasteiger partial charge >= 0.3 is 0 Å². The number of benzene rings is 1. The monoisotopic (exact) mass is 298 g/mol. The first kappa shape index (κ1) is 17.0. The molecule has 1 aliphatic heterocycles. The lowest BCUT2D eigenvalue weighted by Crippen LogP contribution is -2.54. The van der Waals surface area contributed by atoms with Crippen molar-refractivity contribution in [3.63, 3.8) is 0 Å². The third-order valence-electron chi connectivity index (χ3n) is 3.47. The second kappa shape index (κ2) is 8.25. The molecule has 0 spiro atoms. The molecule has 1 aliphatic rings. The van der Waals surface area contributed by atoms with Crippen molar-refractivity contribution in [3.8, 4) is 0 Å². The number of nitrogens with zero attached hydrogens (tertiary/aromatic N) is 1. The summed E-state index contributed by atoms with van der Waals surface area (Å²) < 4.78 is 5.68. The Labute approximate surface area is 126 Å². The number of hydrogen-bond donors (Lipinski definition) is 1. The highest BCUT2D eigenvalue weighted by atomic mass is 35.5. The third-order valence-corrected chi connectivity index (χ3v) is 3.47. The first-order valence-electron chi connectivity index (χ1n) is 6.85. The number of carbonyl (C=O) groups excluding carboxylic acids is 1. The summed E-state index contributed by atoms with van der Waals surface area (Å²) in [4.78, 5) is 14.2. The third kappa shape index (κ3) is 4.47. The molecular weight excluding hydrogens is 276 g/mol. The van der Waals surface area contributed by atoms with Crippen LogP contribution in [0.1, 0.15) is 19.4 Å². The zero-order chi connectivity index (χ0) is 13.7. The van der Waals surface area contributed by atoms with Gasteiger partial charge in [-0.1, -0.05) is 30.3 Å². The molecule has 1 aromatic carbocycles. The Kier molecular flexibility index (Phi) is 6.99. The fraction of sp³-hybridized carbons (Fsp3) is 0.533. The molecule has 2 rings (SSSR count). The lowest BCUT2D eigenvalue weighted by atomic mass is 10.2. The molecule has 1 aromatic rings. The summed E-state index contributed by atoms with van der Waals surface area (Å²) in [6.07, 6.45) is -0.388. The minimum absolute atomic E-state index is 0. The summed E-state index contributed by atoms with van der Waals surface area (Å²) >= 11 is 0. The van der Waals surface area contributed by atoms with Crippen molar-refractivity contribution >= 4 is 18.3 Å². The molecule has 1 N–H and O–H groups in total. The van der Waals surface area contributed by atoms with E-state index in [4.69, 9.17) is 4.74 Å². The van der Waals surface area contributed by atoms with E-state index in [1.54, 1.807) is 0 Å². The van der Waals surface area contributed by atoms with Crippen LogP contribution in [0, 0.1) is 0 Å². The lowest BCUT2D eigenvalue weighted by Gasteiger charge is -2.35. The van der Waals surface area contributed by atoms with Crippen LogP contribution in [0.5, 0.6) is 0 Å². The average molecular weight is 299 g/mol. The molecular formula is C15H23ClN2O2. The van der Waals surface area contributed by atoms with Crippen molar-refractivity contribution in [2.45, 2.75) is 32.6 Å². The second-order valence-corrected chi connectivity index (χ2v) is 5.02. The molecule has 0 saturated carbocycles. The van der Waals surface area contributed by atoms with Gasteiger partial charge in [0.05, 0.1) is 6.61 Å². The summed E-state index contributed by atoms with van der Waals surface area (Å²) in [6, 6.07) is 10.2. The first-order valence-corrected chi connectivity index (χ1v) is 6.85. The fourth-order valence-electron chi connectivity index (χ4n) is 2.27. The SMILES string of the molecule is CC(OCc1ccccc1)C(=O)N1CCNC[C@@H]1C.Cl. The number of carbonyl (C=O) groups is 1. The Balaban J connectivity index is 0.00000200. The molecule has 20 heavy (non-hydrogen) atoms. The predicted octanol–water partition coefficient (Wildman–Crippen LogP) is 1.83. The highest BCUT2D eigenvalue weighted by molar-refractivity contribution is 5.85. The van der Waals surface area contributed by atoms with Crippen molar-refractivity contribution in [1.29, 1.82) is 0 Å². The van der Waals surface area contributed by atoms with Crippen LogP contribution in [0.15, 0.2) is 30.3 Å². The summed E-state index contributed by atoms with van der Waals surface area (Å²) in [7, 11) is 0.